The molecule has 0 bridgehead atoms. The Bertz CT molecular complexity index is 554. The molecular formula is C13H19N5. The Morgan fingerprint density at radius 3 is 3.06 bits per heavy atom. The summed E-state index contributed by atoms with van der Waals surface area (Å²) in [5.74, 6) is 2.70. The molecule has 1 fully saturated rings. The smallest absolute Gasteiger partial charge is 0.164 e. The lowest BCUT2D eigenvalue weighted by Gasteiger charge is -2.21. The maximum absolute atomic E-state index is 4.50. The Kier molecular flexibility index (Phi) is 2.99. The zero-order chi connectivity index (χ0) is 12.5. The number of nitrogens with one attached hydrogen (secondary N) is 1. The van der Waals surface area contributed by atoms with Gasteiger partial charge in [0.15, 0.2) is 5.65 Å². The molecule has 0 radical (unpaired) electrons. The van der Waals surface area contributed by atoms with Crippen molar-refractivity contribution in [2.75, 3.05) is 13.1 Å². The third-order valence-electron chi connectivity index (χ3n) is 3.63. The van der Waals surface area contributed by atoms with Crippen LogP contribution in [0.3, 0.4) is 0 Å². The van der Waals surface area contributed by atoms with Gasteiger partial charge in [0.25, 0.3) is 0 Å². The minimum atomic E-state index is 0.673. The van der Waals surface area contributed by atoms with Gasteiger partial charge in [-0.05, 0) is 45.7 Å². The van der Waals surface area contributed by atoms with E-state index in [0.717, 1.165) is 42.5 Å². The molecule has 3 heterocycles. The van der Waals surface area contributed by atoms with Crippen LogP contribution in [0.4, 0.5) is 0 Å². The standard InChI is InChI=1S/C13H19N5/c1-9-6-12-16-17-13(18(12)10(2)15-9)7-11-4-3-5-14-8-11/h6,11,14H,3-5,7-8H2,1-2H3. The van der Waals surface area contributed by atoms with E-state index in [4.69, 9.17) is 0 Å². The normalized spacial score (nSPS) is 20.4. The van der Waals surface area contributed by atoms with Gasteiger partial charge in [0.05, 0.1) is 0 Å². The molecule has 0 aliphatic carbocycles. The van der Waals surface area contributed by atoms with Crippen molar-refractivity contribution >= 4 is 5.65 Å². The third kappa shape index (κ3) is 2.10. The number of rotatable bonds is 2. The largest absolute Gasteiger partial charge is 0.316 e. The first-order valence-electron chi connectivity index (χ1n) is 6.63. The Morgan fingerprint density at radius 1 is 1.39 bits per heavy atom. The Balaban J connectivity index is 1.92. The summed E-state index contributed by atoms with van der Waals surface area (Å²) in [6.45, 7) is 6.25. The van der Waals surface area contributed by atoms with Crippen molar-refractivity contribution < 1.29 is 0 Å². The second-order valence-electron chi connectivity index (χ2n) is 5.17. The summed E-state index contributed by atoms with van der Waals surface area (Å²) in [4.78, 5) is 4.50. The monoisotopic (exact) mass is 245 g/mol. The summed E-state index contributed by atoms with van der Waals surface area (Å²) in [6, 6.07) is 1.99. The molecule has 1 saturated heterocycles. The van der Waals surface area contributed by atoms with Crippen molar-refractivity contribution in [3.8, 4) is 0 Å². The summed E-state index contributed by atoms with van der Waals surface area (Å²) >= 11 is 0. The highest BCUT2D eigenvalue weighted by Gasteiger charge is 2.17. The van der Waals surface area contributed by atoms with Crippen LogP contribution in [-0.4, -0.2) is 32.7 Å². The van der Waals surface area contributed by atoms with Crippen LogP contribution in [0, 0.1) is 19.8 Å². The molecule has 2 aromatic heterocycles. The summed E-state index contributed by atoms with van der Waals surface area (Å²) < 4.78 is 2.08. The molecule has 18 heavy (non-hydrogen) atoms. The molecule has 2 aromatic rings. The lowest BCUT2D eigenvalue weighted by atomic mass is 9.96. The average Bonchev–Trinajstić information content (AvgIpc) is 2.73. The van der Waals surface area contributed by atoms with E-state index in [1.165, 1.54) is 12.8 Å². The van der Waals surface area contributed by atoms with Crippen LogP contribution in [0.15, 0.2) is 6.07 Å². The van der Waals surface area contributed by atoms with Gasteiger partial charge in [-0.1, -0.05) is 0 Å². The van der Waals surface area contributed by atoms with Crippen LogP contribution in [0.1, 0.15) is 30.2 Å². The van der Waals surface area contributed by atoms with Crippen molar-refractivity contribution in [2.45, 2.75) is 33.1 Å². The van der Waals surface area contributed by atoms with E-state index in [9.17, 15) is 0 Å². The third-order valence-corrected chi connectivity index (χ3v) is 3.63. The van der Waals surface area contributed by atoms with E-state index in [1.54, 1.807) is 0 Å². The van der Waals surface area contributed by atoms with Gasteiger partial charge >= 0.3 is 0 Å². The number of nitrogens with zero attached hydrogens (tertiary/aromatic N) is 4. The van der Waals surface area contributed by atoms with E-state index < -0.39 is 0 Å². The molecule has 1 atom stereocenters. The van der Waals surface area contributed by atoms with Crippen LogP contribution in [0.5, 0.6) is 0 Å². The topological polar surface area (TPSA) is 55.1 Å². The van der Waals surface area contributed by atoms with Gasteiger partial charge in [0.2, 0.25) is 0 Å². The molecule has 0 amide bonds. The predicted molar refractivity (Wildman–Crippen MR) is 69.6 cm³/mol. The molecule has 1 aliphatic rings. The predicted octanol–water partition coefficient (Wildman–Crippen LogP) is 1.28. The molecule has 3 rings (SSSR count). The van der Waals surface area contributed by atoms with Gasteiger partial charge in [-0.25, -0.2) is 4.98 Å². The summed E-state index contributed by atoms with van der Waals surface area (Å²) in [5.41, 5.74) is 1.91. The van der Waals surface area contributed by atoms with Gasteiger partial charge < -0.3 is 5.32 Å². The zero-order valence-electron chi connectivity index (χ0n) is 11.0. The van der Waals surface area contributed by atoms with Crippen molar-refractivity contribution in [2.24, 2.45) is 5.92 Å². The van der Waals surface area contributed by atoms with Gasteiger partial charge in [-0.15, -0.1) is 10.2 Å². The van der Waals surface area contributed by atoms with Crippen molar-refractivity contribution in [1.82, 2.24) is 24.9 Å². The first kappa shape index (κ1) is 11.6. The van der Waals surface area contributed by atoms with Crippen LogP contribution < -0.4 is 5.32 Å². The Morgan fingerprint density at radius 2 is 2.28 bits per heavy atom. The molecular weight excluding hydrogens is 226 g/mol. The molecule has 1 unspecified atom stereocenters. The van der Waals surface area contributed by atoms with E-state index in [-0.39, 0.29) is 0 Å². The minimum absolute atomic E-state index is 0.673. The Hall–Kier alpha value is -1.49. The second kappa shape index (κ2) is 4.65. The van der Waals surface area contributed by atoms with Gasteiger partial charge in [0, 0.05) is 18.2 Å². The summed E-state index contributed by atoms with van der Waals surface area (Å²) in [7, 11) is 0. The van der Waals surface area contributed by atoms with Gasteiger partial charge in [-0.3, -0.25) is 4.40 Å². The van der Waals surface area contributed by atoms with Crippen LogP contribution in [0.25, 0.3) is 5.65 Å². The summed E-state index contributed by atoms with van der Waals surface area (Å²) in [5, 5.41) is 12.0. The molecule has 5 heteroatoms. The molecule has 0 aromatic carbocycles. The molecule has 96 valence electrons. The fraction of sp³-hybridized carbons (Fsp3) is 0.615. The van der Waals surface area contributed by atoms with Gasteiger partial charge in [-0.2, -0.15) is 0 Å². The minimum Gasteiger partial charge on any atom is -0.316 e. The lowest BCUT2D eigenvalue weighted by Crippen LogP contribution is -2.31. The molecule has 1 aliphatic heterocycles. The van der Waals surface area contributed by atoms with E-state index >= 15 is 0 Å². The number of hydrogen-bond acceptors (Lipinski definition) is 4. The molecule has 0 spiro atoms. The zero-order valence-corrected chi connectivity index (χ0v) is 11.0. The quantitative estimate of drug-likeness (QED) is 0.866. The van der Waals surface area contributed by atoms with Crippen LogP contribution in [0.2, 0.25) is 0 Å². The van der Waals surface area contributed by atoms with Gasteiger partial charge in [0.1, 0.15) is 11.6 Å². The molecule has 5 nitrogen and oxygen atoms in total. The lowest BCUT2D eigenvalue weighted by molar-refractivity contribution is 0.369. The van der Waals surface area contributed by atoms with Crippen LogP contribution in [-0.2, 0) is 6.42 Å². The number of aryl methyl sites for hydroxylation is 2. The number of aromatic nitrogens is 4. The molecule has 0 saturated carbocycles. The highest BCUT2D eigenvalue weighted by molar-refractivity contribution is 5.39. The maximum Gasteiger partial charge on any atom is 0.164 e. The highest BCUT2D eigenvalue weighted by Crippen LogP contribution is 2.17. The highest BCUT2D eigenvalue weighted by atomic mass is 15.3. The van der Waals surface area contributed by atoms with Crippen molar-refractivity contribution in [3.63, 3.8) is 0 Å². The van der Waals surface area contributed by atoms with Crippen molar-refractivity contribution in [3.05, 3.63) is 23.4 Å². The fourth-order valence-electron chi connectivity index (χ4n) is 2.79. The fourth-order valence-corrected chi connectivity index (χ4v) is 2.79. The first-order valence-corrected chi connectivity index (χ1v) is 6.63. The van der Waals surface area contributed by atoms with Crippen molar-refractivity contribution in [1.29, 1.82) is 0 Å². The second-order valence-corrected chi connectivity index (χ2v) is 5.17. The Labute approximate surface area is 107 Å². The molecule has 1 N–H and O–H groups in total. The SMILES string of the molecule is Cc1cc2nnc(CC3CCCNC3)n2c(C)n1. The summed E-state index contributed by atoms with van der Waals surface area (Å²) in [6.07, 6.45) is 3.53. The number of fused-ring (bicyclic) bond motifs is 1. The average molecular weight is 245 g/mol. The van der Waals surface area contributed by atoms with Crippen LogP contribution >= 0.6 is 0 Å². The maximum atomic E-state index is 4.50. The van der Waals surface area contributed by atoms with E-state index in [1.807, 2.05) is 19.9 Å². The van der Waals surface area contributed by atoms with E-state index in [2.05, 4.69) is 24.9 Å². The number of hydrogen-bond donors (Lipinski definition) is 1. The number of piperidine rings is 1. The van der Waals surface area contributed by atoms with E-state index in [0.29, 0.717) is 5.92 Å². The first-order chi connectivity index (χ1) is 8.74.